The van der Waals surface area contributed by atoms with E-state index in [-0.39, 0.29) is 0 Å². The van der Waals surface area contributed by atoms with E-state index >= 15 is 0 Å². The fourth-order valence-electron chi connectivity index (χ4n) is 0.645. The molecule has 0 bridgehead atoms. The second kappa shape index (κ2) is 7.11. The van der Waals surface area contributed by atoms with Crippen LogP contribution in [0.3, 0.4) is 0 Å². The van der Waals surface area contributed by atoms with Crippen molar-refractivity contribution in [3.8, 4) is 0 Å². The van der Waals surface area contributed by atoms with E-state index in [0.717, 1.165) is 17.3 Å². The quantitative estimate of drug-likeness (QED) is 0.489. The molecule has 0 heterocycles. The van der Waals surface area contributed by atoms with E-state index in [9.17, 15) is 0 Å². The predicted octanol–water partition coefficient (Wildman–Crippen LogP) is 2.95. The molecule has 1 aromatic rings. The van der Waals surface area contributed by atoms with E-state index < -0.39 is 0 Å². The van der Waals surface area contributed by atoms with Crippen LogP contribution in [0.2, 0.25) is 0 Å². The molecule has 0 saturated heterocycles. The van der Waals surface area contributed by atoms with Gasteiger partial charge in [-0.15, -0.1) is 12.1 Å². The Morgan fingerprint density at radius 2 is 1.70 bits per heavy atom. The van der Waals surface area contributed by atoms with Crippen molar-refractivity contribution in [1.29, 1.82) is 0 Å². The molecule has 0 unspecified atom stereocenters. The van der Waals surface area contributed by atoms with Crippen LogP contribution in [-0.2, 0) is 17.3 Å². The van der Waals surface area contributed by atoms with Crippen molar-refractivity contribution >= 4 is 9.69 Å². The molecule has 0 spiro atoms. The second-order valence-electron chi connectivity index (χ2n) is 1.70. The summed E-state index contributed by atoms with van der Waals surface area (Å²) < 4.78 is 0. The molecule has 0 saturated carbocycles. The number of rotatable bonds is 1. The first-order valence-electron chi connectivity index (χ1n) is 3.04. The van der Waals surface area contributed by atoms with Gasteiger partial charge in [0.2, 0.25) is 0 Å². The zero-order valence-electron chi connectivity index (χ0n) is 6.05. The molecule has 0 fully saturated rings. The first-order valence-corrected chi connectivity index (χ1v) is 6.94. The first-order chi connectivity index (χ1) is 4.93. The molecule has 10 heavy (non-hydrogen) atoms. The fourth-order valence-corrected chi connectivity index (χ4v) is 0.645. The van der Waals surface area contributed by atoms with Crippen molar-refractivity contribution in [2.45, 2.75) is 6.92 Å². The van der Waals surface area contributed by atoms with Crippen LogP contribution in [0.4, 0.5) is 0 Å². The van der Waals surface area contributed by atoms with Gasteiger partial charge < -0.3 is 0 Å². The van der Waals surface area contributed by atoms with Crippen molar-refractivity contribution in [2.75, 3.05) is 0 Å². The summed E-state index contributed by atoms with van der Waals surface area (Å²) in [6.45, 7) is 2.04. The van der Waals surface area contributed by atoms with Gasteiger partial charge in [0.05, 0.1) is 0 Å². The summed E-state index contributed by atoms with van der Waals surface area (Å²) in [5.41, 5.74) is 1.28. The van der Waals surface area contributed by atoms with Gasteiger partial charge in [-0.3, -0.25) is 0 Å². The molecule has 0 atom stereocenters. The third-order valence-corrected chi connectivity index (χ3v) is 1.13. The Labute approximate surface area is 76.3 Å². The molecule has 50 valence electrons. The summed E-state index contributed by atoms with van der Waals surface area (Å²) in [5, 5.41) is 0. The Bertz CT molecular complexity index is 151. The van der Waals surface area contributed by atoms with Gasteiger partial charge >= 0.3 is 27.0 Å². The molecule has 1 aromatic carbocycles. The molecule has 0 aromatic heterocycles. The number of halogens is 1. The van der Waals surface area contributed by atoms with E-state index in [4.69, 9.17) is 9.69 Å². The van der Waals surface area contributed by atoms with Crippen LogP contribution < -0.4 is 0 Å². The minimum atomic E-state index is 0.847. The topological polar surface area (TPSA) is 0 Å². The van der Waals surface area contributed by atoms with Crippen molar-refractivity contribution in [3.63, 3.8) is 0 Å². The van der Waals surface area contributed by atoms with Gasteiger partial charge in [0.25, 0.3) is 0 Å². The van der Waals surface area contributed by atoms with E-state index in [0.29, 0.717) is 0 Å². The van der Waals surface area contributed by atoms with Crippen molar-refractivity contribution in [3.05, 3.63) is 42.3 Å². The molecular weight excluding hydrogens is 197 g/mol. The molecule has 0 aliphatic heterocycles. The summed E-state index contributed by atoms with van der Waals surface area (Å²) in [7, 11) is 4.76. The monoisotopic (exact) mass is 204 g/mol. The molecule has 0 N–H and O–H groups in total. The third-order valence-electron chi connectivity index (χ3n) is 1.13. The van der Waals surface area contributed by atoms with E-state index in [2.05, 4.69) is 18.6 Å². The molecule has 0 aliphatic carbocycles. The normalized spacial score (nSPS) is 7.60. The molecule has 2 heteroatoms. The third kappa shape index (κ3) is 3.92. The Morgan fingerprint density at radius 3 is 2.00 bits per heavy atom. The van der Waals surface area contributed by atoms with Gasteiger partial charge in [0, 0.05) is 0 Å². The molecule has 0 nitrogen and oxygen atoms in total. The van der Waals surface area contributed by atoms with Gasteiger partial charge in [0.15, 0.2) is 0 Å². The molecule has 1 rings (SSSR count). The number of hydrogen-bond donors (Lipinski definition) is 0. The van der Waals surface area contributed by atoms with Gasteiger partial charge in [-0.1, -0.05) is 13.0 Å². The zero-order chi connectivity index (χ0) is 7.82. The Balaban J connectivity index is 0.000000371. The fraction of sp³-hybridized carbons (Fsp3) is 0.125. The number of hydrogen-bond acceptors (Lipinski definition) is 0. The van der Waals surface area contributed by atoms with Crippen molar-refractivity contribution < 1.29 is 17.3 Å². The zero-order valence-corrected chi connectivity index (χ0v) is 9.77. The summed E-state index contributed by atoms with van der Waals surface area (Å²) in [6, 6.07) is 10.3. The van der Waals surface area contributed by atoms with Crippen molar-refractivity contribution in [2.24, 2.45) is 0 Å². The average molecular weight is 206 g/mol. The van der Waals surface area contributed by atoms with Crippen LogP contribution in [0.25, 0.3) is 0 Å². The van der Waals surface area contributed by atoms with E-state index in [1.54, 1.807) is 0 Å². The summed E-state index contributed by atoms with van der Waals surface area (Å²) in [6.07, 6.45) is 2.08. The first kappa shape index (κ1) is 10.0. The van der Waals surface area contributed by atoms with Gasteiger partial charge in [-0.25, -0.2) is 0 Å². The van der Waals surface area contributed by atoms with Crippen LogP contribution in [0.5, 0.6) is 0 Å². The second-order valence-corrected chi connectivity index (χ2v) is 1.70. The van der Waals surface area contributed by atoms with Crippen LogP contribution in [0.1, 0.15) is 12.5 Å². The van der Waals surface area contributed by atoms with Crippen LogP contribution >= 0.6 is 9.69 Å². The van der Waals surface area contributed by atoms with Crippen LogP contribution in [-0.4, -0.2) is 0 Å². The Kier molecular flexibility index (Phi) is 7.12. The van der Waals surface area contributed by atoms with Gasteiger partial charge in [0.1, 0.15) is 0 Å². The SMILES string of the molecule is C[CH-]c1ccccc1.[Cl][Zn+]. The Hall–Kier alpha value is 0.00338. The van der Waals surface area contributed by atoms with Crippen LogP contribution in [0, 0.1) is 6.42 Å². The maximum absolute atomic E-state index is 4.76. The predicted molar refractivity (Wildman–Crippen MR) is 41.4 cm³/mol. The summed E-state index contributed by atoms with van der Waals surface area (Å²) >= 11 is 0.847. The van der Waals surface area contributed by atoms with E-state index in [1.165, 1.54) is 5.56 Å². The standard InChI is InChI=1S/C8H9.ClH.Zn/c1-2-8-6-4-3-5-7-8;;/h2-7H,1H3;1H;/q-1;;+2/p-1. The average Bonchev–Trinajstić information content (AvgIpc) is 2.10. The molecule has 0 aliphatic rings. The van der Waals surface area contributed by atoms with Crippen molar-refractivity contribution in [1.82, 2.24) is 0 Å². The molecular formula is C8H9ClZn. The molecule has 0 amide bonds. The minimum absolute atomic E-state index is 0.847. The Morgan fingerprint density at radius 1 is 1.20 bits per heavy atom. The number of benzene rings is 1. The summed E-state index contributed by atoms with van der Waals surface area (Å²) in [4.78, 5) is 0. The maximum atomic E-state index is 4.76. The molecule has 0 radical (unpaired) electrons. The van der Waals surface area contributed by atoms with Gasteiger partial charge in [-0.2, -0.15) is 24.1 Å². The summed E-state index contributed by atoms with van der Waals surface area (Å²) in [5.74, 6) is 0. The van der Waals surface area contributed by atoms with Gasteiger partial charge in [-0.05, 0) is 0 Å². The van der Waals surface area contributed by atoms with Crippen LogP contribution in [0.15, 0.2) is 30.3 Å². The van der Waals surface area contributed by atoms with E-state index in [1.807, 2.05) is 25.1 Å².